The van der Waals surface area contributed by atoms with Gasteiger partial charge >= 0.3 is 0 Å². The molecule has 0 saturated heterocycles. The maximum Gasteiger partial charge on any atom is 0.0642 e. The van der Waals surface area contributed by atoms with E-state index in [0.29, 0.717) is 5.88 Å². The summed E-state index contributed by atoms with van der Waals surface area (Å²) in [5, 5.41) is 0. The zero-order valence-corrected chi connectivity index (χ0v) is 5.78. The van der Waals surface area contributed by atoms with Gasteiger partial charge in [0.25, 0.3) is 0 Å². The second kappa shape index (κ2) is 4.85. The molecule has 0 atom stereocenters. The summed E-state index contributed by atoms with van der Waals surface area (Å²) in [6.07, 6.45) is 1.68. The summed E-state index contributed by atoms with van der Waals surface area (Å²) >= 11 is 5.44. The number of aliphatic imine (C=N–C) groups is 1. The average molecular weight is 132 g/mol. The molecule has 0 rings (SSSR count). The molecule has 0 aliphatic rings. The molecular formula is C6H10ClN. The third kappa shape index (κ3) is 2.80. The topological polar surface area (TPSA) is 12.4 Å². The number of hydrogen-bond acceptors (Lipinski definition) is 1. The van der Waals surface area contributed by atoms with Crippen molar-refractivity contribution in [3.63, 3.8) is 0 Å². The van der Waals surface area contributed by atoms with E-state index < -0.39 is 0 Å². The Morgan fingerprint density at radius 1 is 1.88 bits per heavy atom. The Kier molecular flexibility index (Phi) is 4.67. The lowest BCUT2D eigenvalue weighted by atomic mass is 10.4. The van der Waals surface area contributed by atoms with Gasteiger partial charge in [-0.25, -0.2) is 0 Å². The first kappa shape index (κ1) is 7.70. The van der Waals surface area contributed by atoms with E-state index in [1.165, 1.54) is 0 Å². The van der Waals surface area contributed by atoms with Crippen LogP contribution in [0, 0.1) is 0 Å². The molecular weight excluding hydrogens is 122 g/mol. The lowest BCUT2D eigenvalue weighted by Crippen LogP contribution is -1.94. The van der Waals surface area contributed by atoms with Crippen LogP contribution in [0.5, 0.6) is 0 Å². The van der Waals surface area contributed by atoms with Crippen molar-refractivity contribution < 1.29 is 0 Å². The van der Waals surface area contributed by atoms with Crippen LogP contribution in [-0.2, 0) is 0 Å². The fraction of sp³-hybridized carbons (Fsp3) is 0.500. The van der Waals surface area contributed by atoms with Gasteiger partial charge in [0, 0.05) is 12.3 Å². The predicted octanol–water partition coefficient (Wildman–Crippen LogP) is 1.87. The van der Waals surface area contributed by atoms with Gasteiger partial charge in [-0.15, -0.1) is 11.6 Å². The van der Waals surface area contributed by atoms with Crippen molar-refractivity contribution in [1.82, 2.24) is 0 Å². The molecule has 0 aliphatic heterocycles. The van der Waals surface area contributed by atoms with Crippen LogP contribution in [0.4, 0.5) is 0 Å². The van der Waals surface area contributed by atoms with Crippen LogP contribution in [-0.4, -0.2) is 18.1 Å². The Balaban J connectivity index is 3.66. The molecule has 0 unspecified atom stereocenters. The zero-order valence-electron chi connectivity index (χ0n) is 5.02. The number of halogens is 1. The van der Waals surface area contributed by atoms with Gasteiger partial charge in [-0.05, 0) is 13.0 Å². The molecule has 0 N–H and O–H groups in total. The van der Waals surface area contributed by atoms with Gasteiger partial charge in [0.15, 0.2) is 0 Å². The van der Waals surface area contributed by atoms with Gasteiger partial charge < -0.3 is 0 Å². The van der Waals surface area contributed by atoms with Gasteiger partial charge in [0.05, 0.1) is 5.88 Å². The van der Waals surface area contributed by atoms with Crippen molar-refractivity contribution >= 4 is 17.3 Å². The maximum absolute atomic E-state index is 5.44. The summed E-state index contributed by atoms with van der Waals surface area (Å²) < 4.78 is 0. The van der Waals surface area contributed by atoms with E-state index in [0.717, 1.165) is 12.3 Å². The standard InChI is InChI=1S/C6H10ClN/c1-3-6(5-7)8-4-2/h3H,1,4-5H2,2H3/b8-6+. The Morgan fingerprint density at radius 3 is 2.62 bits per heavy atom. The highest BCUT2D eigenvalue weighted by atomic mass is 35.5. The minimum atomic E-state index is 0.470. The van der Waals surface area contributed by atoms with Gasteiger partial charge in [0.2, 0.25) is 0 Å². The highest BCUT2D eigenvalue weighted by Gasteiger charge is 1.84. The van der Waals surface area contributed by atoms with Crippen LogP contribution in [0.3, 0.4) is 0 Å². The van der Waals surface area contributed by atoms with Crippen molar-refractivity contribution in [3.8, 4) is 0 Å². The van der Waals surface area contributed by atoms with Gasteiger partial charge in [-0.3, -0.25) is 4.99 Å². The summed E-state index contributed by atoms with van der Waals surface area (Å²) in [5.74, 6) is 0.470. The van der Waals surface area contributed by atoms with Crippen molar-refractivity contribution in [1.29, 1.82) is 0 Å². The molecule has 0 aromatic carbocycles. The average Bonchev–Trinajstić information content (AvgIpc) is 1.83. The van der Waals surface area contributed by atoms with Crippen LogP contribution in [0.1, 0.15) is 6.92 Å². The van der Waals surface area contributed by atoms with Crippen LogP contribution in [0.15, 0.2) is 17.6 Å². The molecule has 0 saturated carbocycles. The SMILES string of the molecule is C=C/C(CCl)=N\CC. The van der Waals surface area contributed by atoms with E-state index in [2.05, 4.69) is 11.6 Å². The molecule has 0 radical (unpaired) electrons. The molecule has 8 heavy (non-hydrogen) atoms. The lowest BCUT2D eigenvalue weighted by Gasteiger charge is -1.89. The van der Waals surface area contributed by atoms with Crippen molar-refractivity contribution in [2.75, 3.05) is 12.4 Å². The third-order valence-electron chi connectivity index (χ3n) is 0.734. The zero-order chi connectivity index (χ0) is 6.41. The normalized spacial score (nSPS) is 11.5. The van der Waals surface area contributed by atoms with E-state index in [9.17, 15) is 0 Å². The molecule has 0 heterocycles. The quantitative estimate of drug-likeness (QED) is 0.410. The summed E-state index contributed by atoms with van der Waals surface area (Å²) in [5.41, 5.74) is 0.870. The summed E-state index contributed by atoms with van der Waals surface area (Å²) in [6.45, 7) is 6.29. The largest absolute Gasteiger partial charge is 0.289 e. The molecule has 0 spiro atoms. The molecule has 0 fully saturated rings. The molecule has 0 bridgehead atoms. The monoisotopic (exact) mass is 131 g/mol. The highest BCUT2D eigenvalue weighted by Crippen LogP contribution is 1.84. The second-order valence-electron chi connectivity index (χ2n) is 1.30. The third-order valence-corrected chi connectivity index (χ3v) is 1.01. The van der Waals surface area contributed by atoms with E-state index in [4.69, 9.17) is 11.6 Å². The van der Waals surface area contributed by atoms with Crippen LogP contribution < -0.4 is 0 Å². The minimum Gasteiger partial charge on any atom is -0.289 e. The van der Waals surface area contributed by atoms with Crippen molar-refractivity contribution in [2.24, 2.45) is 4.99 Å². The van der Waals surface area contributed by atoms with E-state index in [1.807, 2.05) is 6.92 Å². The number of hydrogen-bond donors (Lipinski definition) is 0. The first-order valence-corrected chi connectivity index (χ1v) is 3.10. The molecule has 2 heteroatoms. The molecule has 0 amide bonds. The van der Waals surface area contributed by atoms with E-state index >= 15 is 0 Å². The van der Waals surface area contributed by atoms with Crippen molar-refractivity contribution in [3.05, 3.63) is 12.7 Å². The maximum atomic E-state index is 5.44. The van der Waals surface area contributed by atoms with Crippen LogP contribution in [0.25, 0.3) is 0 Å². The number of alkyl halides is 1. The fourth-order valence-electron chi connectivity index (χ4n) is 0.364. The fourth-order valence-corrected chi connectivity index (χ4v) is 0.558. The molecule has 0 aromatic rings. The molecule has 0 aromatic heterocycles. The van der Waals surface area contributed by atoms with Crippen LogP contribution in [0.2, 0.25) is 0 Å². The Labute approximate surface area is 55.1 Å². The smallest absolute Gasteiger partial charge is 0.0642 e. The van der Waals surface area contributed by atoms with Gasteiger partial charge in [-0.2, -0.15) is 0 Å². The summed E-state index contributed by atoms with van der Waals surface area (Å²) in [4.78, 5) is 4.03. The van der Waals surface area contributed by atoms with Gasteiger partial charge in [0.1, 0.15) is 0 Å². The Hall–Kier alpha value is -0.300. The summed E-state index contributed by atoms with van der Waals surface area (Å²) in [6, 6.07) is 0. The molecule has 46 valence electrons. The predicted molar refractivity (Wildman–Crippen MR) is 38.9 cm³/mol. The minimum absolute atomic E-state index is 0.470. The number of rotatable bonds is 3. The van der Waals surface area contributed by atoms with Crippen LogP contribution >= 0.6 is 11.6 Å². The Morgan fingerprint density at radius 2 is 2.50 bits per heavy atom. The second-order valence-corrected chi connectivity index (χ2v) is 1.57. The number of allylic oxidation sites excluding steroid dienone is 1. The van der Waals surface area contributed by atoms with E-state index in [1.54, 1.807) is 6.08 Å². The molecule has 0 aliphatic carbocycles. The first-order valence-electron chi connectivity index (χ1n) is 2.56. The molecule has 1 nitrogen and oxygen atoms in total. The number of nitrogens with zero attached hydrogens (tertiary/aromatic N) is 1. The first-order chi connectivity index (χ1) is 3.85. The Bertz CT molecular complexity index is 96.7. The summed E-state index contributed by atoms with van der Waals surface area (Å²) in [7, 11) is 0. The van der Waals surface area contributed by atoms with Crippen molar-refractivity contribution in [2.45, 2.75) is 6.92 Å². The van der Waals surface area contributed by atoms with Gasteiger partial charge in [-0.1, -0.05) is 6.58 Å². The highest BCUT2D eigenvalue weighted by molar-refractivity contribution is 6.30. The van der Waals surface area contributed by atoms with E-state index in [-0.39, 0.29) is 0 Å². The lowest BCUT2D eigenvalue weighted by molar-refractivity contribution is 1.13.